The molecule has 0 aliphatic carbocycles. The van der Waals surface area contributed by atoms with Crippen LogP contribution in [0.1, 0.15) is 26.2 Å². The van der Waals surface area contributed by atoms with Crippen molar-refractivity contribution < 1.29 is 8.78 Å². The molecule has 0 amide bonds. The Bertz CT molecular complexity index is 177. The lowest BCUT2D eigenvalue weighted by Gasteiger charge is -2.34. The van der Waals surface area contributed by atoms with Crippen LogP contribution in [0.4, 0.5) is 8.78 Å². The lowest BCUT2D eigenvalue weighted by atomic mass is 10.1. The van der Waals surface area contributed by atoms with Crippen molar-refractivity contribution in [3.05, 3.63) is 12.3 Å². The number of likely N-dealkylation sites (tertiary alicyclic amines) is 1. The smallest absolute Gasteiger partial charge is 0.265 e. The van der Waals surface area contributed by atoms with Gasteiger partial charge >= 0.3 is 0 Å². The van der Waals surface area contributed by atoms with Gasteiger partial charge in [-0.1, -0.05) is 13.5 Å². The first kappa shape index (κ1) is 9.49. The molecular formula is C9H15F2N. The molecule has 0 bridgehead atoms. The van der Waals surface area contributed by atoms with Gasteiger partial charge in [-0.3, -0.25) is 0 Å². The zero-order valence-corrected chi connectivity index (χ0v) is 7.45. The lowest BCUT2D eigenvalue weighted by molar-refractivity contribution is -0.0555. The number of halogens is 2. The van der Waals surface area contributed by atoms with Crippen LogP contribution >= 0.6 is 0 Å². The van der Waals surface area contributed by atoms with E-state index < -0.39 is 5.92 Å². The van der Waals surface area contributed by atoms with E-state index in [1.54, 1.807) is 4.90 Å². The number of hydrogen-bond donors (Lipinski definition) is 0. The standard InChI is InChI=1S/C9H15F2N/c1-3-8(2)12-6-4-5-9(10,11)7-12/h2-7H2,1H3. The van der Waals surface area contributed by atoms with Crippen molar-refractivity contribution in [3.8, 4) is 0 Å². The average Bonchev–Trinajstić information content (AvgIpc) is 2.01. The average molecular weight is 175 g/mol. The monoisotopic (exact) mass is 175 g/mol. The van der Waals surface area contributed by atoms with E-state index in [0.29, 0.717) is 6.42 Å². The fourth-order valence-electron chi connectivity index (χ4n) is 1.46. The Morgan fingerprint density at radius 3 is 2.75 bits per heavy atom. The summed E-state index contributed by atoms with van der Waals surface area (Å²) in [6, 6.07) is 0. The van der Waals surface area contributed by atoms with E-state index in [2.05, 4.69) is 6.58 Å². The second kappa shape index (κ2) is 3.42. The highest BCUT2D eigenvalue weighted by Crippen LogP contribution is 2.28. The third-order valence-electron chi connectivity index (χ3n) is 2.25. The summed E-state index contributed by atoms with van der Waals surface area (Å²) in [5.74, 6) is -2.50. The molecule has 0 spiro atoms. The van der Waals surface area contributed by atoms with Gasteiger partial charge in [0.1, 0.15) is 0 Å². The first-order valence-corrected chi connectivity index (χ1v) is 4.36. The maximum absolute atomic E-state index is 12.9. The molecule has 1 aliphatic heterocycles. The Morgan fingerprint density at radius 2 is 2.25 bits per heavy atom. The molecule has 70 valence electrons. The summed E-state index contributed by atoms with van der Waals surface area (Å²) in [6.45, 7) is 6.29. The van der Waals surface area contributed by atoms with Gasteiger partial charge in [-0.05, 0) is 12.8 Å². The van der Waals surface area contributed by atoms with Gasteiger partial charge in [-0.2, -0.15) is 0 Å². The van der Waals surface area contributed by atoms with Gasteiger partial charge in [0.25, 0.3) is 5.92 Å². The summed E-state index contributed by atoms with van der Waals surface area (Å²) in [5, 5.41) is 0. The fraction of sp³-hybridized carbons (Fsp3) is 0.778. The second-order valence-corrected chi connectivity index (χ2v) is 3.30. The van der Waals surface area contributed by atoms with Gasteiger partial charge in [-0.15, -0.1) is 0 Å². The topological polar surface area (TPSA) is 3.24 Å². The first-order chi connectivity index (χ1) is 5.55. The molecule has 0 unspecified atom stereocenters. The highest BCUT2D eigenvalue weighted by molar-refractivity contribution is 4.96. The third kappa shape index (κ3) is 2.19. The van der Waals surface area contributed by atoms with E-state index in [4.69, 9.17) is 0 Å². The number of piperidine rings is 1. The maximum Gasteiger partial charge on any atom is 0.265 e. The summed E-state index contributed by atoms with van der Waals surface area (Å²) in [6.07, 6.45) is 1.36. The number of rotatable bonds is 2. The van der Waals surface area contributed by atoms with Crippen molar-refractivity contribution in [1.29, 1.82) is 0 Å². The normalized spacial score (nSPS) is 22.4. The van der Waals surface area contributed by atoms with E-state index in [-0.39, 0.29) is 13.0 Å². The van der Waals surface area contributed by atoms with Gasteiger partial charge in [0, 0.05) is 18.7 Å². The highest BCUT2D eigenvalue weighted by Gasteiger charge is 2.35. The first-order valence-electron chi connectivity index (χ1n) is 4.36. The zero-order valence-electron chi connectivity index (χ0n) is 7.45. The number of hydrogen-bond acceptors (Lipinski definition) is 1. The van der Waals surface area contributed by atoms with Gasteiger partial charge in [-0.25, -0.2) is 8.78 Å². The molecule has 0 radical (unpaired) electrons. The summed E-state index contributed by atoms with van der Waals surface area (Å²) in [7, 11) is 0. The van der Waals surface area contributed by atoms with E-state index in [0.717, 1.165) is 18.7 Å². The van der Waals surface area contributed by atoms with E-state index >= 15 is 0 Å². The quantitative estimate of drug-likeness (QED) is 0.623. The van der Waals surface area contributed by atoms with Crippen molar-refractivity contribution in [2.45, 2.75) is 32.1 Å². The Balaban J connectivity index is 2.52. The predicted octanol–water partition coefficient (Wildman–Crippen LogP) is 2.64. The van der Waals surface area contributed by atoms with E-state index in [9.17, 15) is 8.78 Å². The second-order valence-electron chi connectivity index (χ2n) is 3.30. The molecule has 1 aliphatic rings. The zero-order chi connectivity index (χ0) is 9.19. The third-order valence-corrected chi connectivity index (χ3v) is 2.25. The van der Waals surface area contributed by atoms with Crippen molar-refractivity contribution in [3.63, 3.8) is 0 Å². The van der Waals surface area contributed by atoms with Crippen LogP contribution in [-0.2, 0) is 0 Å². The van der Waals surface area contributed by atoms with Crippen LogP contribution in [0.25, 0.3) is 0 Å². The SMILES string of the molecule is C=C(CC)N1CCCC(F)(F)C1. The molecule has 1 rings (SSSR count). The molecule has 0 aromatic carbocycles. The van der Waals surface area contributed by atoms with E-state index in [1.807, 2.05) is 6.92 Å². The van der Waals surface area contributed by atoms with Crippen LogP contribution in [0.3, 0.4) is 0 Å². The molecule has 3 heteroatoms. The molecule has 0 aromatic rings. The molecule has 0 atom stereocenters. The lowest BCUT2D eigenvalue weighted by Crippen LogP contribution is -2.41. The molecule has 0 aromatic heterocycles. The van der Waals surface area contributed by atoms with Crippen LogP contribution in [0.5, 0.6) is 0 Å². The largest absolute Gasteiger partial charge is 0.369 e. The highest BCUT2D eigenvalue weighted by atomic mass is 19.3. The van der Waals surface area contributed by atoms with Gasteiger partial charge in [0.05, 0.1) is 6.54 Å². The Morgan fingerprint density at radius 1 is 1.58 bits per heavy atom. The van der Waals surface area contributed by atoms with Crippen molar-refractivity contribution in [2.24, 2.45) is 0 Å². The molecule has 1 heterocycles. The van der Waals surface area contributed by atoms with Crippen LogP contribution in [-0.4, -0.2) is 23.9 Å². The summed E-state index contributed by atoms with van der Waals surface area (Å²) in [4.78, 5) is 1.70. The minimum absolute atomic E-state index is 0.0283. The molecular weight excluding hydrogens is 160 g/mol. The minimum Gasteiger partial charge on any atom is -0.369 e. The fourth-order valence-corrected chi connectivity index (χ4v) is 1.46. The van der Waals surface area contributed by atoms with Crippen LogP contribution < -0.4 is 0 Å². The Labute approximate surface area is 72.1 Å². The summed E-state index contributed by atoms with van der Waals surface area (Å²) in [5.41, 5.74) is 0.828. The summed E-state index contributed by atoms with van der Waals surface area (Å²) < 4.78 is 25.7. The summed E-state index contributed by atoms with van der Waals surface area (Å²) >= 11 is 0. The molecule has 1 nitrogen and oxygen atoms in total. The van der Waals surface area contributed by atoms with Gasteiger partial charge in [0.2, 0.25) is 0 Å². The predicted molar refractivity (Wildman–Crippen MR) is 45.2 cm³/mol. The maximum atomic E-state index is 12.9. The number of nitrogens with zero attached hydrogens (tertiary/aromatic N) is 1. The van der Waals surface area contributed by atoms with Gasteiger partial charge in [0.15, 0.2) is 0 Å². The van der Waals surface area contributed by atoms with Gasteiger partial charge < -0.3 is 4.90 Å². The number of alkyl halides is 2. The van der Waals surface area contributed by atoms with E-state index in [1.165, 1.54) is 0 Å². The van der Waals surface area contributed by atoms with Crippen LogP contribution in [0.2, 0.25) is 0 Å². The Hall–Kier alpha value is -0.600. The molecule has 0 saturated carbocycles. The molecule has 0 N–H and O–H groups in total. The van der Waals surface area contributed by atoms with Crippen molar-refractivity contribution in [1.82, 2.24) is 4.90 Å². The number of allylic oxidation sites excluding steroid dienone is 1. The van der Waals surface area contributed by atoms with Crippen LogP contribution in [0, 0.1) is 0 Å². The van der Waals surface area contributed by atoms with Crippen LogP contribution in [0.15, 0.2) is 12.3 Å². The molecule has 1 fully saturated rings. The molecule has 12 heavy (non-hydrogen) atoms. The minimum atomic E-state index is -2.50. The molecule has 1 saturated heterocycles. The Kier molecular flexibility index (Phi) is 2.70. The van der Waals surface area contributed by atoms with Crippen molar-refractivity contribution >= 4 is 0 Å². The van der Waals surface area contributed by atoms with Crippen molar-refractivity contribution in [2.75, 3.05) is 13.1 Å².